The van der Waals surface area contributed by atoms with E-state index in [1.54, 1.807) is 7.11 Å². The largest absolute Gasteiger partial charge is 0.356 e. The third-order valence-electron chi connectivity index (χ3n) is 4.11. The van der Waals surface area contributed by atoms with Crippen molar-refractivity contribution in [2.45, 2.75) is 57.8 Å². The Morgan fingerprint density at radius 3 is 2.94 bits per heavy atom. The zero-order valence-electron chi connectivity index (χ0n) is 11.7. The zero-order chi connectivity index (χ0) is 12.8. The second kappa shape index (κ2) is 7.10. The fourth-order valence-electron chi connectivity index (χ4n) is 2.98. The molecule has 102 valence electrons. The summed E-state index contributed by atoms with van der Waals surface area (Å²) in [6, 6.07) is 0. The first kappa shape index (κ1) is 13.8. The lowest BCUT2D eigenvalue weighted by Crippen LogP contribution is -2.14. The van der Waals surface area contributed by atoms with Gasteiger partial charge in [0.25, 0.3) is 0 Å². The van der Waals surface area contributed by atoms with Crippen LogP contribution in [0.25, 0.3) is 0 Å². The summed E-state index contributed by atoms with van der Waals surface area (Å²) in [5, 5.41) is 0. The van der Waals surface area contributed by atoms with E-state index in [9.17, 15) is 0 Å². The molecule has 0 aromatic rings. The maximum atomic E-state index is 5.79. The standard InChI is InChI=1S/C16H26O2/c1-3-4-5-6-7-8-9-13-10-11-15-14(13)12-16(17-2)18-15/h7-8,10-11,13-16H,3-6,9,12H2,1-2H3/b8-7-/t13-,14-,15+,16?/m0/s1. The van der Waals surface area contributed by atoms with Crippen molar-refractivity contribution in [3.8, 4) is 0 Å². The SMILES string of the molecule is CCCCC/C=C\C[C@H]1C=C[C@H]2OC(OC)C[C@@H]12. The van der Waals surface area contributed by atoms with Crippen LogP contribution in [0, 0.1) is 11.8 Å². The van der Waals surface area contributed by atoms with Gasteiger partial charge in [0.1, 0.15) is 0 Å². The average molecular weight is 250 g/mol. The zero-order valence-corrected chi connectivity index (χ0v) is 11.7. The fraction of sp³-hybridized carbons (Fsp3) is 0.750. The number of fused-ring (bicyclic) bond motifs is 1. The highest BCUT2D eigenvalue weighted by atomic mass is 16.7. The average Bonchev–Trinajstić information content (AvgIpc) is 2.94. The Labute approximate surface area is 111 Å². The molecule has 1 saturated heterocycles. The summed E-state index contributed by atoms with van der Waals surface area (Å²) in [6.07, 6.45) is 17.0. The van der Waals surface area contributed by atoms with E-state index in [0.717, 1.165) is 12.8 Å². The molecule has 0 N–H and O–H groups in total. The summed E-state index contributed by atoms with van der Waals surface area (Å²) in [4.78, 5) is 0. The van der Waals surface area contributed by atoms with E-state index in [1.165, 1.54) is 25.7 Å². The molecule has 18 heavy (non-hydrogen) atoms. The highest BCUT2D eigenvalue weighted by molar-refractivity contribution is 5.12. The first-order chi connectivity index (χ1) is 8.85. The minimum absolute atomic E-state index is 0.0148. The van der Waals surface area contributed by atoms with Crippen LogP contribution >= 0.6 is 0 Å². The molecule has 2 aliphatic rings. The Morgan fingerprint density at radius 2 is 2.17 bits per heavy atom. The Hall–Kier alpha value is -0.600. The number of methoxy groups -OCH3 is 1. The molecule has 1 aliphatic heterocycles. The Bertz CT molecular complexity index is 295. The summed E-state index contributed by atoms with van der Waals surface area (Å²) in [6.45, 7) is 2.25. The smallest absolute Gasteiger partial charge is 0.158 e. The van der Waals surface area contributed by atoms with Crippen molar-refractivity contribution in [2.75, 3.05) is 7.11 Å². The van der Waals surface area contributed by atoms with Gasteiger partial charge < -0.3 is 9.47 Å². The predicted molar refractivity (Wildman–Crippen MR) is 74.3 cm³/mol. The Morgan fingerprint density at radius 1 is 1.28 bits per heavy atom. The minimum Gasteiger partial charge on any atom is -0.356 e. The number of rotatable bonds is 7. The van der Waals surface area contributed by atoms with Crippen molar-refractivity contribution in [1.82, 2.24) is 0 Å². The van der Waals surface area contributed by atoms with Crippen LogP contribution in [0.1, 0.15) is 45.4 Å². The first-order valence-electron chi connectivity index (χ1n) is 7.36. The highest BCUT2D eigenvalue weighted by Gasteiger charge is 2.40. The van der Waals surface area contributed by atoms with Crippen molar-refractivity contribution in [1.29, 1.82) is 0 Å². The molecular weight excluding hydrogens is 224 g/mol. The second-order valence-corrected chi connectivity index (χ2v) is 5.42. The highest BCUT2D eigenvalue weighted by Crippen LogP contribution is 2.40. The van der Waals surface area contributed by atoms with E-state index >= 15 is 0 Å². The lowest BCUT2D eigenvalue weighted by atomic mass is 9.89. The van der Waals surface area contributed by atoms with Gasteiger partial charge >= 0.3 is 0 Å². The third-order valence-corrected chi connectivity index (χ3v) is 4.11. The van der Waals surface area contributed by atoms with Crippen LogP contribution in [0.2, 0.25) is 0 Å². The van der Waals surface area contributed by atoms with Crippen molar-refractivity contribution in [3.63, 3.8) is 0 Å². The number of ether oxygens (including phenoxy) is 2. The van der Waals surface area contributed by atoms with Gasteiger partial charge in [-0.2, -0.15) is 0 Å². The second-order valence-electron chi connectivity index (χ2n) is 5.42. The summed E-state index contributed by atoms with van der Waals surface area (Å²) < 4.78 is 11.1. The topological polar surface area (TPSA) is 18.5 Å². The fourth-order valence-corrected chi connectivity index (χ4v) is 2.98. The molecule has 1 heterocycles. The molecular formula is C16H26O2. The molecule has 1 unspecified atom stereocenters. The van der Waals surface area contributed by atoms with Crippen LogP contribution in [0.5, 0.6) is 0 Å². The molecule has 0 radical (unpaired) electrons. The van der Waals surface area contributed by atoms with Gasteiger partial charge in [0.15, 0.2) is 6.29 Å². The van der Waals surface area contributed by atoms with Crippen LogP contribution in [-0.4, -0.2) is 19.5 Å². The quantitative estimate of drug-likeness (QED) is 0.501. The van der Waals surface area contributed by atoms with Gasteiger partial charge in [0.2, 0.25) is 0 Å². The van der Waals surface area contributed by atoms with E-state index < -0.39 is 0 Å². The number of unbranched alkanes of at least 4 members (excludes halogenated alkanes) is 3. The maximum Gasteiger partial charge on any atom is 0.158 e. The molecule has 0 aromatic heterocycles. The van der Waals surface area contributed by atoms with Gasteiger partial charge in [-0.15, -0.1) is 0 Å². The molecule has 0 saturated carbocycles. The first-order valence-corrected chi connectivity index (χ1v) is 7.36. The van der Waals surface area contributed by atoms with Gasteiger partial charge in [0.05, 0.1) is 6.10 Å². The van der Waals surface area contributed by atoms with Gasteiger partial charge in [-0.1, -0.05) is 44.1 Å². The van der Waals surface area contributed by atoms with Crippen LogP contribution in [0.3, 0.4) is 0 Å². The summed E-state index contributed by atoms with van der Waals surface area (Å²) in [7, 11) is 1.73. The van der Waals surface area contributed by atoms with E-state index in [2.05, 4.69) is 31.2 Å². The number of allylic oxidation sites excluding steroid dienone is 3. The van der Waals surface area contributed by atoms with Crippen molar-refractivity contribution in [2.24, 2.45) is 11.8 Å². The number of hydrogen-bond donors (Lipinski definition) is 0. The molecule has 0 aromatic carbocycles. The van der Waals surface area contributed by atoms with Crippen LogP contribution in [0.15, 0.2) is 24.3 Å². The van der Waals surface area contributed by atoms with E-state index in [1.807, 2.05) is 0 Å². The normalized spacial score (nSPS) is 34.6. The predicted octanol–water partition coefficient (Wildman–Crippen LogP) is 4.08. The summed E-state index contributed by atoms with van der Waals surface area (Å²) >= 11 is 0. The van der Waals surface area contributed by atoms with Gasteiger partial charge in [-0.25, -0.2) is 0 Å². The van der Waals surface area contributed by atoms with Crippen molar-refractivity contribution >= 4 is 0 Å². The Balaban J connectivity index is 1.69. The molecule has 4 atom stereocenters. The van der Waals surface area contributed by atoms with Crippen molar-refractivity contribution < 1.29 is 9.47 Å². The molecule has 1 fully saturated rings. The molecule has 0 amide bonds. The summed E-state index contributed by atoms with van der Waals surface area (Å²) in [5.74, 6) is 1.29. The van der Waals surface area contributed by atoms with Gasteiger partial charge in [-0.3, -0.25) is 0 Å². The third kappa shape index (κ3) is 3.46. The molecule has 1 aliphatic carbocycles. The number of hydrogen-bond acceptors (Lipinski definition) is 2. The van der Waals surface area contributed by atoms with Crippen LogP contribution < -0.4 is 0 Å². The molecule has 2 rings (SSSR count). The molecule has 0 spiro atoms. The lowest BCUT2D eigenvalue weighted by Gasteiger charge is -2.14. The van der Waals surface area contributed by atoms with Crippen molar-refractivity contribution in [3.05, 3.63) is 24.3 Å². The van der Waals surface area contributed by atoms with Crippen LogP contribution in [-0.2, 0) is 9.47 Å². The Kier molecular flexibility index (Phi) is 5.45. The van der Waals surface area contributed by atoms with E-state index in [-0.39, 0.29) is 6.29 Å². The lowest BCUT2D eigenvalue weighted by molar-refractivity contribution is -0.104. The van der Waals surface area contributed by atoms with E-state index in [0.29, 0.717) is 17.9 Å². The van der Waals surface area contributed by atoms with Gasteiger partial charge in [-0.05, 0) is 25.2 Å². The summed E-state index contributed by atoms with van der Waals surface area (Å²) in [5.41, 5.74) is 0. The van der Waals surface area contributed by atoms with E-state index in [4.69, 9.17) is 9.47 Å². The molecule has 2 nitrogen and oxygen atoms in total. The van der Waals surface area contributed by atoms with Gasteiger partial charge in [0, 0.05) is 19.4 Å². The maximum absolute atomic E-state index is 5.79. The molecule has 2 heteroatoms. The monoisotopic (exact) mass is 250 g/mol. The molecule has 0 bridgehead atoms. The minimum atomic E-state index is 0.0148. The van der Waals surface area contributed by atoms with Crippen LogP contribution in [0.4, 0.5) is 0 Å².